The summed E-state index contributed by atoms with van der Waals surface area (Å²) in [6.45, 7) is 3.55. The molecule has 0 aliphatic carbocycles. The van der Waals surface area contributed by atoms with Gasteiger partial charge in [-0.3, -0.25) is 4.79 Å². The van der Waals surface area contributed by atoms with Crippen molar-refractivity contribution in [3.63, 3.8) is 0 Å². The lowest BCUT2D eigenvalue weighted by molar-refractivity contribution is 0.0694. The first-order chi connectivity index (χ1) is 7.42. The maximum absolute atomic E-state index is 11.7. The highest BCUT2D eigenvalue weighted by Gasteiger charge is 2.14. The summed E-state index contributed by atoms with van der Waals surface area (Å²) < 4.78 is 0. The average molecular weight is 286 g/mol. The number of hydrogen-bond acceptors (Lipinski definition) is 2. The molecule has 4 heteroatoms. The second-order valence-electron chi connectivity index (χ2n) is 4.33. The Balaban J connectivity index is 2.59. The number of carbonyl (C=O) groups excluding carboxylic acids is 1. The zero-order valence-electron chi connectivity index (χ0n) is 9.46. The Morgan fingerprint density at radius 1 is 1.38 bits per heavy atom. The van der Waals surface area contributed by atoms with Crippen LogP contribution in [-0.4, -0.2) is 23.2 Å². The van der Waals surface area contributed by atoms with E-state index in [1.54, 1.807) is 26.0 Å². The molecular weight excluding hydrogens is 270 g/mol. The van der Waals surface area contributed by atoms with Crippen molar-refractivity contribution in [1.29, 1.82) is 0 Å². The molecule has 16 heavy (non-hydrogen) atoms. The summed E-state index contributed by atoms with van der Waals surface area (Å²) >= 11 is 3.34. The van der Waals surface area contributed by atoms with Gasteiger partial charge in [0, 0.05) is 17.4 Å². The van der Waals surface area contributed by atoms with E-state index in [2.05, 4.69) is 21.2 Å². The summed E-state index contributed by atoms with van der Waals surface area (Å²) in [5.74, 6) is -0.164. The molecule has 0 aromatic heterocycles. The van der Waals surface area contributed by atoms with Gasteiger partial charge in [0.2, 0.25) is 0 Å². The van der Waals surface area contributed by atoms with E-state index in [0.717, 1.165) is 10.9 Å². The van der Waals surface area contributed by atoms with E-state index >= 15 is 0 Å². The molecule has 3 nitrogen and oxygen atoms in total. The van der Waals surface area contributed by atoms with Gasteiger partial charge in [-0.15, -0.1) is 0 Å². The molecule has 88 valence electrons. The van der Waals surface area contributed by atoms with Crippen molar-refractivity contribution in [3.8, 4) is 0 Å². The molecule has 0 bridgehead atoms. The molecule has 0 heterocycles. The molecule has 0 aliphatic rings. The minimum absolute atomic E-state index is 0.164. The molecule has 0 aliphatic heterocycles. The van der Waals surface area contributed by atoms with E-state index in [1.807, 2.05) is 12.1 Å². The van der Waals surface area contributed by atoms with E-state index in [-0.39, 0.29) is 12.5 Å². The largest absolute Gasteiger partial charge is 0.389 e. The number of nitrogens with one attached hydrogen (secondary N) is 1. The lowest BCUT2D eigenvalue weighted by Gasteiger charge is -2.17. The third-order valence-electron chi connectivity index (χ3n) is 2.05. The third-order valence-corrected chi connectivity index (χ3v) is 2.70. The van der Waals surface area contributed by atoms with Crippen LogP contribution in [0.3, 0.4) is 0 Å². The van der Waals surface area contributed by atoms with Gasteiger partial charge in [0.05, 0.1) is 5.60 Å². The van der Waals surface area contributed by atoms with Gasteiger partial charge < -0.3 is 10.4 Å². The van der Waals surface area contributed by atoms with Crippen LogP contribution >= 0.6 is 15.9 Å². The van der Waals surface area contributed by atoms with Crippen molar-refractivity contribution in [1.82, 2.24) is 5.32 Å². The molecule has 2 N–H and O–H groups in total. The van der Waals surface area contributed by atoms with Crippen LogP contribution in [0.25, 0.3) is 0 Å². The number of aliphatic hydroxyl groups is 1. The number of hydrogen-bond donors (Lipinski definition) is 2. The van der Waals surface area contributed by atoms with Crippen molar-refractivity contribution in [2.45, 2.75) is 24.8 Å². The molecule has 0 radical (unpaired) electrons. The second-order valence-corrected chi connectivity index (χ2v) is 4.89. The monoisotopic (exact) mass is 285 g/mol. The number of benzene rings is 1. The number of amides is 1. The van der Waals surface area contributed by atoms with E-state index in [1.165, 1.54) is 0 Å². The van der Waals surface area contributed by atoms with Crippen LogP contribution in [0.15, 0.2) is 24.3 Å². The molecule has 0 atom stereocenters. The molecule has 0 unspecified atom stereocenters. The zero-order valence-corrected chi connectivity index (χ0v) is 11.0. The van der Waals surface area contributed by atoms with Crippen LogP contribution in [0.5, 0.6) is 0 Å². The number of rotatable bonds is 4. The molecule has 0 spiro atoms. The Kier molecular flexibility index (Phi) is 4.50. The topological polar surface area (TPSA) is 49.3 Å². The molecule has 0 fully saturated rings. The lowest BCUT2D eigenvalue weighted by Crippen LogP contribution is -2.38. The SMILES string of the molecule is CC(C)(O)CNC(=O)c1ccc(CBr)cc1. The average Bonchev–Trinajstić information content (AvgIpc) is 2.25. The van der Waals surface area contributed by atoms with Gasteiger partial charge in [-0.1, -0.05) is 28.1 Å². The Labute approximate surface area is 104 Å². The van der Waals surface area contributed by atoms with Gasteiger partial charge in [0.25, 0.3) is 5.91 Å². The number of alkyl halides is 1. The standard InChI is InChI=1S/C12H16BrNO2/c1-12(2,16)8-14-11(15)10-5-3-9(7-13)4-6-10/h3-6,16H,7-8H2,1-2H3,(H,14,15). The fourth-order valence-corrected chi connectivity index (χ4v) is 1.52. The lowest BCUT2D eigenvalue weighted by atomic mass is 10.1. The molecular formula is C12H16BrNO2. The van der Waals surface area contributed by atoms with Crippen molar-refractivity contribution >= 4 is 21.8 Å². The van der Waals surface area contributed by atoms with Gasteiger partial charge >= 0.3 is 0 Å². The predicted molar refractivity (Wildman–Crippen MR) is 67.7 cm³/mol. The fourth-order valence-electron chi connectivity index (χ4n) is 1.14. The normalized spacial score (nSPS) is 11.2. The van der Waals surface area contributed by atoms with E-state index in [9.17, 15) is 9.90 Å². The van der Waals surface area contributed by atoms with E-state index < -0.39 is 5.60 Å². The summed E-state index contributed by atoms with van der Waals surface area (Å²) in [7, 11) is 0. The van der Waals surface area contributed by atoms with Crippen LogP contribution in [0, 0.1) is 0 Å². The maximum atomic E-state index is 11.7. The summed E-state index contributed by atoms with van der Waals surface area (Å²) in [5, 5.41) is 12.9. The molecule has 0 saturated carbocycles. The first-order valence-electron chi connectivity index (χ1n) is 5.08. The number of carbonyl (C=O) groups is 1. The minimum Gasteiger partial charge on any atom is -0.389 e. The second kappa shape index (κ2) is 5.46. The summed E-state index contributed by atoms with van der Waals surface area (Å²) in [4.78, 5) is 11.7. The quantitative estimate of drug-likeness (QED) is 0.833. The van der Waals surface area contributed by atoms with Crippen LogP contribution in [0.2, 0.25) is 0 Å². The third kappa shape index (κ3) is 4.33. The first-order valence-corrected chi connectivity index (χ1v) is 6.20. The minimum atomic E-state index is -0.883. The Bertz CT molecular complexity index is 354. The molecule has 1 aromatic carbocycles. The zero-order chi connectivity index (χ0) is 12.2. The predicted octanol–water partition coefficient (Wildman–Crippen LogP) is 2.08. The van der Waals surface area contributed by atoms with Crippen LogP contribution < -0.4 is 5.32 Å². The summed E-state index contributed by atoms with van der Waals surface area (Å²) in [5.41, 5.74) is 0.846. The highest BCUT2D eigenvalue weighted by atomic mass is 79.9. The van der Waals surface area contributed by atoms with Gasteiger partial charge in [0.15, 0.2) is 0 Å². The Morgan fingerprint density at radius 2 is 1.94 bits per heavy atom. The summed E-state index contributed by atoms with van der Waals surface area (Å²) in [6.07, 6.45) is 0. The fraction of sp³-hybridized carbons (Fsp3) is 0.417. The summed E-state index contributed by atoms with van der Waals surface area (Å²) in [6, 6.07) is 7.34. The van der Waals surface area contributed by atoms with Gasteiger partial charge in [-0.2, -0.15) is 0 Å². The van der Waals surface area contributed by atoms with Crippen LogP contribution in [0.1, 0.15) is 29.8 Å². The van der Waals surface area contributed by atoms with Crippen molar-refractivity contribution in [3.05, 3.63) is 35.4 Å². The number of halogens is 1. The smallest absolute Gasteiger partial charge is 0.251 e. The van der Waals surface area contributed by atoms with Crippen LogP contribution in [-0.2, 0) is 5.33 Å². The Morgan fingerprint density at radius 3 is 2.38 bits per heavy atom. The van der Waals surface area contributed by atoms with Crippen molar-refractivity contribution in [2.24, 2.45) is 0 Å². The first kappa shape index (κ1) is 13.2. The van der Waals surface area contributed by atoms with Gasteiger partial charge in [-0.25, -0.2) is 0 Å². The van der Waals surface area contributed by atoms with Crippen molar-refractivity contribution in [2.75, 3.05) is 6.54 Å². The van der Waals surface area contributed by atoms with E-state index in [4.69, 9.17) is 0 Å². The molecule has 1 aromatic rings. The Hall–Kier alpha value is -0.870. The van der Waals surface area contributed by atoms with Crippen molar-refractivity contribution < 1.29 is 9.90 Å². The van der Waals surface area contributed by atoms with Crippen LogP contribution in [0.4, 0.5) is 0 Å². The molecule has 1 rings (SSSR count). The molecule has 1 amide bonds. The highest BCUT2D eigenvalue weighted by molar-refractivity contribution is 9.08. The highest BCUT2D eigenvalue weighted by Crippen LogP contribution is 2.08. The maximum Gasteiger partial charge on any atom is 0.251 e. The van der Waals surface area contributed by atoms with Gasteiger partial charge in [0.1, 0.15) is 0 Å². The van der Waals surface area contributed by atoms with Gasteiger partial charge in [-0.05, 0) is 31.5 Å². The van der Waals surface area contributed by atoms with E-state index in [0.29, 0.717) is 5.56 Å². The molecule has 0 saturated heterocycles.